The van der Waals surface area contributed by atoms with Gasteiger partial charge in [-0.1, -0.05) is 43.7 Å². The number of likely N-dealkylation sites (tertiary alicyclic amines) is 1. The quantitative estimate of drug-likeness (QED) is 0.374. The van der Waals surface area contributed by atoms with Gasteiger partial charge in [-0.25, -0.2) is 8.78 Å². The minimum Gasteiger partial charge on any atom is -0.390 e. The van der Waals surface area contributed by atoms with Gasteiger partial charge in [-0.3, -0.25) is 0 Å². The second-order valence-corrected chi connectivity index (χ2v) is 8.40. The number of alkyl halides is 2. The normalized spacial score (nSPS) is 32.9. The number of nitrogens with one attached hydrogen (secondary N) is 1. The summed E-state index contributed by atoms with van der Waals surface area (Å²) in [7, 11) is 0. The Kier molecular flexibility index (Phi) is 10.7. The molecule has 7 nitrogen and oxygen atoms in total. The van der Waals surface area contributed by atoms with Crippen molar-refractivity contribution in [3.05, 3.63) is 35.9 Å². The van der Waals surface area contributed by atoms with E-state index in [9.17, 15) is 34.3 Å². The minimum absolute atomic E-state index is 0.176. The molecule has 3 rings (SSSR count). The molecule has 2 saturated heterocycles. The van der Waals surface area contributed by atoms with Crippen molar-refractivity contribution >= 4 is 0 Å². The molecule has 0 bridgehead atoms. The van der Waals surface area contributed by atoms with Gasteiger partial charge in [0, 0.05) is 32.1 Å². The van der Waals surface area contributed by atoms with Gasteiger partial charge in [0.15, 0.2) is 0 Å². The van der Waals surface area contributed by atoms with Crippen LogP contribution in [0.1, 0.15) is 31.4 Å². The standard InChI is InChI=1S/C12H17NO3.C10H19F2NO2/c14-10-7-13-6-9(12(10)16)11(15)8-4-2-1-3-5-8;1-2-3-4-13-5-7(10(11)12)9(15)8(14)6-13/h1-5,9-16H,6-7H2;7-10,14-15H,2-6H2,1H3/t9-,10-,11-,12-;7-,8+,9+/m10/s1. The van der Waals surface area contributed by atoms with E-state index in [1.165, 1.54) is 0 Å². The molecule has 9 heteroatoms. The summed E-state index contributed by atoms with van der Waals surface area (Å²) >= 11 is 0. The summed E-state index contributed by atoms with van der Waals surface area (Å²) < 4.78 is 25.1. The van der Waals surface area contributed by atoms with Crippen LogP contribution >= 0.6 is 0 Å². The largest absolute Gasteiger partial charge is 0.390 e. The first kappa shape index (κ1) is 26.1. The molecule has 2 fully saturated rings. The fraction of sp³-hybridized carbons (Fsp3) is 0.727. The fourth-order valence-electron chi connectivity index (χ4n) is 4.05. The zero-order valence-corrected chi connectivity index (χ0v) is 17.9. The van der Waals surface area contributed by atoms with E-state index in [-0.39, 0.29) is 12.5 Å². The number of rotatable bonds is 6. The van der Waals surface area contributed by atoms with Crippen LogP contribution in [-0.4, -0.2) is 94.0 Å². The van der Waals surface area contributed by atoms with E-state index in [1.807, 2.05) is 37.3 Å². The van der Waals surface area contributed by atoms with E-state index in [2.05, 4.69) is 5.32 Å². The van der Waals surface area contributed by atoms with Gasteiger partial charge in [0.05, 0.1) is 36.4 Å². The SMILES string of the molecule is CCCCN1C[C@@H](O)[C@H](O)[C@@H](C(F)F)C1.O[C@@H]1[C@@H]([C@H](O)c2ccccc2)CNC[C@H]1O. The fourth-order valence-corrected chi connectivity index (χ4v) is 4.05. The Morgan fingerprint density at radius 2 is 1.61 bits per heavy atom. The Labute approximate surface area is 182 Å². The lowest BCUT2D eigenvalue weighted by Gasteiger charge is -2.38. The van der Waals surface area contributed by atoms with Gasteiger partial charge in [-0.2, -0.15) is 0 Å². The number of halogens is 2. The number of hydrogen-bond acceptors (Lipinski definition) is 7. The van der Waals surface area contributed by atoms with Gasteiger partial charge in [-0.15, -0.1) is 0 Å². The summed E-state index contributed by atoms with van der Waals surface area (Å²) in [6, 6.07) is 9.20. The molecule has 0 amide bonds. The first-order valence-electron chi connectivity index (χ1n) is 10.9. The summed E-state index contributed by atoms with van der Waals surface area (Å²) in [5, 5.41) is 51.3. The van der Waals surface area contributed by atoms with Gasteiger partial charge in [0.1, 0.15) is 0 Å². The number of nitrogens with zero attached hydrogens (tertiary/aromatic N) is 1. The number of β-amino-alcohol motifs (C(OH)–C–C–N with tert-alkyl or cyclic N) is 2. The molecule has 0 unspecified atom stereocenters. The summed E-state index contributed by atoms with van der Waals surface area (Å²) in [5.74, 6) is -1.49. The van der Waals surface area contributed by atoms with Crippen LogP contribution < -0.4 is 5.32 Å². The van der Waals surface area contributed by atoms with Crippen molar-refractivity contribution in [3.8, 4) is 0 Å². The van der Waals surface area contributed by atoms with Crippen LogP contribution in [0, 0.1) is 11.8 Å². The monoisotopic (exact) mass is 446 g/mol. The number of aliphatic hydroxyl groups is 5. The maximum absolute atomic E-state index is 12.5. The summed E-state index contributed by atoms with van der Waals surface area (Å²) in [6.45, 7) is 4.09. The smallest absolute Gasteiger partial charge is 0.245 e. The molecule has 7 atom stereocenters. The van der Waals surface area contributed by atoms with E-state index in [0.29, 0.717) is 26.2 Å². The topological polar surface area (TPSA) is 116 Å². The molecule has 0 saturated carbocycles. The predicted octanol–water partition coefficient (Wildman–Crippen LogP) is 0.366. The van der Waals surface area contributed by atoms with E-state index >= 15 is 0 Å². The molecular weight excluding hydrogens is 410 g/mol. The Morgan fingerprint density at radius 1 is 0.968 bits per heavy atom. The molecule has 0 spiro atoms. The molecule has 6 N–H and O–H groups in total. The maximum Gasteiger partial charge on any atom is 0.245 e. The van der Waals surface area contributed by atoms with Crippen molar-refractivity contribution in [1.82, 2.24) is 10.2 Å². The van der Waals surface area contributed by atoms with Crippen LogP contribution in [0.25, 0.3) is 0 Å². The van der Waals surface area contributed by atoms with Gasteiger partial charge in [-0.05, 0) is 18.5 Å². The average Bonchev–Trinajstić information content (AvgIpc) is 2.76. The number of hydrogen-bond donors (Lipinski definition) is 6. The lowest BCUT2D eigenvalue weighted by atomic mass is 9.86. The van der Waals surface area contributed by atoms with E-state index in [1.54, 1.807) is 4.90 Å². The third-order valence-corrected chi connectivity index (χ3v) is 6.01. The number of piperidine rings is 2. The summed E-state index contributed by atoms with van der Waals surface area (Å²) in [4.78, 5) is 1.80. The van der Waals surface area contributed by atoms with Crippen LogP contribution in [0.3, 0.4) is 0 Å². The van der Waals surface area contributed by atoms with Crippen LogP contribution in [0.2, 0.25) is 0 Å². The van der Waals surface area contributed by atoms with Crippen LogP contribution in [0.4, 0.5) is 8.78 Å². The van der Waals surface area contributed by atoms with Crippen molar-refractivity contribution in [2.24, 2.45) is 11.8 Å². The molecule has 0 aromatic heterocycles. The van der Waals surface area contributed by atoms with Crippen LogP contribution in [0.5, 0.6) is 0 Å². The molecule has 2 aliphatic rings. The summed E-state index contributed by atoms with van der Waals surface area (Å²) in [5.41, 5.74) is 0.766. The van der Waals surface area contributed by atoms with Crippen molar-refractivity contribution < 1.29 is 34.3 Å². The van der Waals surface area contributed by atoms with E-state index in [4.69, 9.17) is 0 Å². The number of aliphatic hydroxyl groups excluding tert-OH is 5. The highest BCUT2D eigenvalue weighted by Gasteiger charge is 2.39. The Morgan fingerprint density at radius 3 is 2.23 bits per heavy atom. The highest BCUT2D eigenvalue weighted by molar-refractivity contribution is 5.19. The first-order valence-corrected chi connectivity index (χ1v) is 10.9. The second kappa shape index (κ2) is 12.7. The molecule has 1 aromatic carbocycles. The zero-order chi connectivity index (χ0) is 23.0. The van der Waals surface area contributed by atoms with E-state index < -0.39 is 42.9 Å². The molecule has 178 valence electrons. The summed E-state index contributed by atoms with van der Waals surface area (Å²) in [6.07, 6.45) is -5.42. The van der Waals surface area contributed by atoms with Gasteiger partial charge >= 0.3 is 0 Å². The Balaban J connectivity index is 0.000000221. The minimum atomic E-state index is -2.57. The number of benzene rings is 1. The molecule has 0 aliphatic carbocycles. The van der Waals surface area contributed by atoms with Gasteiger partial charge < -0.3 is 35.7 Å². The highest BCUT2D eigenvalue weighted by Crippen LogP contribution is 2.27. The maximum atomic E-state index is 12.5. The third kappa shape index (κ3) is 7.42. The average molecular weight is 447 g/mol. The van der Waals surface area contributed by atoms with Crippen LogP contribution in [-0.2, 0) is 0 Å². The molecule has 31 heavy (non-hydrogen) atoms. The first-order chi connectivity index (χ1) is 14.8. The zero-order valence-electron chi connectivity index (χ0n) is 17.9. The van der Waals surface area contributed by atoms with Gasteiger partial charge in [0.2, 0.25) is 6.43 Å². The third-order valence-electron chi connectivity index (χ3n) is 6.01. The molecule has 1 aromatic rings. The molecule has 2 aliphatic heterocycles. The van der Waals surface area contributed by atoms with Crippen molar-refractivity contribution in [3.63, 3.8) is 0 Å². The second-order valence-electron chi connectivity index (χ2n) is 8.40. The lowest BCUT2D eigenvalue weighted by Crippen LogP contribution is -2.54. The number of unbranched alkanes of at least 4 members (excludes halogenated alkanes) is 1. The predicted molar refractivity (Wildman–Crippen MR) is 113 cm³/mol. The van der Waals surface area contributed by atoms with E-state index in [0.717, 1.165) is 18.4 Å². The molecule has 2 heterocycles. The molecular formula is C22H36F2N2O5. The van der Waals surface area contributed by atoms with Crippen molar-refractivity contribution in [1.29, 1.82) is 0 Å². The van der Waals surface area contributed by atoms with Crippen LogP contribution in [0.15, 0.2) is 30.3 Å². The highest BCUT2D eigenvalue weighted by atomic mass is 19.3. The Bertz CT molecular complexity index is 627. The van der Waals surface area contributed by atoms with Crippen molar-refractivity contribution in [2.45, 2.75) is 56.7 Å². The Hall–Kier alpha value is -1.20. The van der Waals surface area contributed by atoms with Gasteiger partial charge in [0.25, 0.3) is 0 Å². The molecule has 0 radical (unpaired) electrons. The lowest BCUT2D eigenvalue weighted by molar-refractivity contribution is -0.116. The van der Waals surface area contributed by atoms with Crippen molar-refractivity contribution in [2.75, 3.05) is 32.7 Å².